The number of carbonyl (C=O) groups is 2. The number of aromatic nitrogens is 1. The van der Waals surface area contributed by atoms with Gasteiger partial charge in [0, 0.05) is 24.7 Å². The fourth-order valence-corrected chi connectivity index (χ4v) is 4.60. The van der Waals surface area contributed by atoms with Crippen molar-refractivity contribution in [3.05, 3.63) is 41.3 Å². The monoisotopic (exact) mass is 465 g/mol. The first-order chi connectivity index (χ1) is 15.1. The summed E-state index contributed by atoms with van der Waals surface area (Å²) in [5.74, 6) is -0.920. The predicted molar refractivity (Wildman–Crippen MR) is 115 cm³/mol. The van der Waals surface area contributed by atoms with Crippen molar-refractivity contribution in [2.75, 3.05) is 31.6 Å². The van der Waals surface area contributed by atoms with E-state index in [1.807, 2.05) is 13.8 Å². The Morgan fingerprint density at radius 1 is 1.12 bits per heavy atom. The summed E-state index contributed by atoms with van der Waals surface area (Å²) in [6.45, 7) is 8.10. The topological polar surface area (TPSA) is 128 Å². The molecule has 1 aromatic carbocycles. The van der Waals surface area contributed by atoms with E-state index >= 15 is 0 Å². The van der Waals surface area contributed by atoms with Gasteiger partial charge in [-0.3, -0.25) is 4.79 Å². The summed E-state index contributed by atoms with van der Waals surface area (Å²) in [5.41, 5.74) is 0.989. The molecule has 1 unspecified atom stereocenters. The molecule has 1 amide bonds. The van der Waals surface area contributed by atoms with Crippen LogP contribution in [0.3, 0.4) is 0 Å². The highest BCUT2D eigenvalue weighted by Gasteiger charge is 2.28. The number of esters is 1. The van der Waals surface area contributed by atoms with Gasteiger partial charge < -0.3 is 19.3 Å². The number of hydrogen-bond donors (Lipinski definition) is 1. The zero-order valence-corrected chi connectivity index (χ0v) is 19.3. The maximum Gasteiger partial charge on any atom is 0.344 e. The molecule has 2 aromatic rings. The molecule has 10 nitrogen and oxygen atoms in total. The summed E-state index contributed by atoms with van der Waals surface area (Å²) in [5, 5.41) is 6.42. The first-order valence-electron chi connectivity index (χ1n) is 10.3. The molecule has 1 aromatic heterocycles. The van der Waals surface area contributed by atoms with Crippen molar-refractivity contribution in [3.8, 4) is 0 Å². The van der Waals surface area contributed by atoms with Crippen LogP contribution in [-0.4, -0.2) is 62.2 Å². The number of aryl methyl sites for hydroxylation is 1. The maximum absolute atomic E-state index is 12.7. The SMILES string of the molecule is Cc1noc(C(C)C)c1C(=O)OC(C)C(=O)Nc1ccc(S(=O)(=O)N2CCOCC2)cc1. The summed E-state index contributed by atoms with van der Waals surface area (Å²) >= 11 is 0. The summed E-state index contributed by atoms with van der Waals surface area (Å²) in [6, 6.07) is 5.82. The third-order valence-corrected chi connectivity index (χ3v) is 6.91. The van der Waals surface area contributed by atoms with Crippen molar-refractivity contribution in [2.45, 2.75) is 44.6 Å². The first-order valence-corrected chi connectivity index (χ1v) is 11.7. The van der Waals surface area contributed by atoms with Gasteiger partial charge in [-0.25, -0.2) is 13.2 Å². The highest BCUT2D eigenvalue weighted by molar-refractivity contribution is 7.89. The smallest absolute Gasteiger partial charge is 0.344 e. The fourth-order valence-electron chi connectivity index (χ4n) is 3.19. The van der Waals surface area contributed by atoms with Crippen LogP contribution >= 0.6 is 0 Å². The highest BCUT2D eigenvalue weighted by atomic mass is 32.2. The van der Waals surface area contributed by atoms with E-state index < -0.39 is 28.0 Å². The Balaban J connectivity index is 1.63. The molecule has 0 spiro atoms. The van der Waals surface area contributed by atoms with Gasteiger partial charge in [-0.05, 0) is 38.1 Å². The Kier molecular flexibility index (Phi) is 7.32. The van der Waals surface area contributed by atoms with E-state index in [0.717, 1.165) is 0 Å². The lowest BCUT2D eigenvalue weighted by atomic mass is 10.1. The molecule has 0 saturated carbocycles. The number of morpholine rings is 1. The van der Waals surface area contributed by atoms with Gasteiger partial charge in [-0.2, -0.15) is 4.31 Å². The zero-order valence-electron chi connectivity index (χ0n) is 18.5. The van der Waals surface area contributed by atoms with Crippen LogP contribution in [0.25, 0.3) is 0 Å². The molecule has 1 fully saturated rings. The molecule has 1 aliphatic rings. The van der Waals surface area contributed by atoms with Gasteiger partial charge in [0.15, 0.2) is 11.9 Å². The normalized spacial score (nSPS) is 16.0. The second-order valence-corrected chi connectivity index (χ2v) is 9.68. The second kappa shape index (κ2) is 9.80. The van der Waals surface area contributed by atoms with Gasteiger partial charge in [-0.15, -0.1) is 0 Å². The standard InChI is InChI=1S/C21H27N3O7S/c1-13(2)19-18(14(3)23-31-19)21(26)30-15(4)20(25)22-16-5-7-17(8-6-16)32(27,28)24-9-11-29-12-10-24/h5-8,13,15H,9-12H2,1-4H3,(H,22,25). The Hall–Kier alpha value is -2.76. The van der Waals surface area contributed by atoms with E-state index in [-0.39, 0.29) is 16.4 Å². The van der Waals surface area contributed by atoms with Crippen LogP contribution in [0.15, 0.2) is 33.7 Å². The first kappa shape index (κ1) is 23.9. The molecule has 0 aliphatic carbocycles. The van der Waals surface area contributed by atoms with E-state index in [9.17, 15) is 18.0 Å². The maximum atomic E-state index is 12.7. The Labute approximate surface area is 186 Å². The number of nitrogens with zero attached hydrogens (tertiary/aromatic N) is 2. The molecule has 32 heavy (non-hydrogen) atoms. The molecule has 0 bridgehead atoms. The molecular formula is C21H27N3O7S. The minimum Gasteiger partial charge on any atom is -0.449 e. The molecule has 11 heteroatoms. The van der Waals surface area contributed by atoms with Crippen molar-refractivity contribution < 1.29 is 32.0 Å². The molecule has 1 saturated heterocycles. The molecule has 2 heterocycles. The summed E-state index contributed by atoms with van der Waals surface area (Å²) < 4.78 is 42.4. The third-order valence-electron chi connectivity index (χ3n) is 5.00. The highest BCUT2D eigenvalue weighted by Crippen LogP contribution is 2.24. The molecule has 1 N–H and O–H groups in total. The summed E-state index contributed by atoms with van der Waals surface area (Å²) in [7, 11) is -3.62. The lowest BCUT2D eigenvalue weighted by Gasteiger charge is -2.26. The van der Waals surface area contributed by atoms with Gasteiger partial charge in [0.25, 0.3) is 5.91 Å². The number of hydrogen-bond acceptors (Lipinski definition) is 8. The van der Waals surface area contributed by atoms with E-state index in [0.29, 0.717) is 43.4 Å². The van der Waals surface area contributed by atoms with Crippen LogP contribution < -0.4 is 5.32 Å². The van der Waals surface area contributed by atoms with Crippen LogP contribution in [0.4, 0.5) is 5.69 Å². The molecule has 1 atom stereocenters. The summed E-state index contributed by atoms with van der Waals surface area (Å²) in [4.78, 5) is 25.2. The van der Waals surface area contributed by atoms with E-state index in [4.69, 9.17) is 14.0 Å². The average Bonchev–Trinajstić information content (AvgIpc) is 3.16. The van der Waals surface area contributed by atoms with Crippen LogP contribution in [0.2, 0.25) is 0 Å². The van der Waals surface area contributed by atoms with Gasteiger partial charge in [-0.1, -0.05) is 19.0 Å². The molecule has 1 aliphatic heterocycles. The minimum atomic E-state index is -3.62. The molecule has 174 valence electrons. The van der Waals surface area contributed by atoms with Crippen molar-refractivity contribution in [3.63, 3.8) is 0 Å². The third kappa shape index (κ3) is 5.17. The number of sulfonamides is 1. The van der Waals surface area contributed by atoms with E-state index in [1.54, 1.807) is 6.92 Å². The van der Waals surface area contributed by atoms with Gasteiger partial charge >= 0.3 is 5.97 Å². The number of amides is 1. The Morgan fingerprint density at radius 2 is 1.75 bits per heavy atom. The quantitative estimate of drug-likeness (QED) is 0.617. The van der Waals surface area contributed by atoms with Crippen molar-refractivity contribution in [1.82, 2.24) is 9.46 Å². The van der Waals surface area contributed by atoms with Gasteiger partial charge in [0.2, 0.25) is 10.0 Å². The van der Waals surface area contributed by atoms with Crippen molar-refractivity contribution >= 4 is 27.6 Å². The number of ether oxygens (including phenoxy) is 2. The largest absolute Gasteiger partial charge is 0.449 e. The lowest BCUT2D eigenvalue weighted by Crippen LogP contribution is -2.40. The van der Waals surface area contributed by atoms with E-state index in [1.165, 1.54) is 35.5 Å². The van der Waals surface area contributed by atoms with Crippen LogP contribution in [0, 0.1) is 6.92 Å². The Morgan fingerprint density at radius 3 is 2.34 bits per heavy atom. The van der Waals surface area contributed by atoms with Crippen LogP contribution in [0.1, 0.15) is 48.5 Å². The number of carbonyl (C=O) groups excluding carboxylic acids is 2. The number of nitrogens with one attached hydrogen (secondary N) is 1. The van der Waals surface area contributed by atoms with Gasteiger partial charge in [0.1, 0.15) is 5.56 Å². The zero-order chi connectivity index (χ0) is 23.5. The predicted octanol–water partition coefficient (Wildman–Crippen LogP) is 2.31. The van der Waals surface area contributed by atoms with E-state index in [2.05, 4.69) is 10.5 Å². The van der Waals surface area contributed by atoms with Crippen molar-refractivity contribution in [1.29, 1.82) is 0 Å². The Bertz CT molecular complexity index is 1070. The second-order valence-electron chi connectivity index (χ2n) is 7.74. The minimum absolute atomic E-state index is 0.0739. The molecule has 3 rings (SSSR count). The molecular weight excluding hydrogens is 438 g/mol. The van der Waals surface area contributed by atoms with Crippen molar-refractivity contribution in [2.24, 2.45) is 0 Å². The fraction of sp³-hybridized carbons (Fsp3) is 0.476. The average molecular weight is 466 g/mol. The number of rotatable bonds is 7. The lowest BCUT2D eigenvalue weighted by molar-refractivity contribution is -0.123. The summed E-state index contributed by atoms with van der Waals surface area (Å²) in [6.07, 6.45) is -1.09. The number of benzene rings is 1. The van der Waals surface area contributed by atoms with Crippen LogP contribution in [-0.2, 0) is 24.3 Å². The number of anilines is 1. The molecule has 0 radical (unpaired) electrons. The van der Waals surface area contributed by atoms with Crippen LogP contribution in [0.5, 0.6) is 0 Å². The van der Waals surface area contributed by atoms with Gasteiger partial charge in [0.05, 0.1) is 23.8 Å².